The maximum absolute atomic E-state index is 10.9. The predicted molar refractivity (Wildman–Crippen MR) is 51.0 cm³/mol. The van der Waals surface area contributed by atoms with Crippen molar-refractivity contribution in [3.63, 3.8) is 0 Å². The van der Waals surface area contributed by atoms with Crippen LogP contribution in [0, 0.1) is 0 Å². The molecule has 0 aliphatic heterocycles. The van der Waals surface area contributed by atoms with Crippen molar-refractivity contribution in [2.24, 2.45) is 0 Å². The van der Waals surface area contributed by atoms with Gasteiger partial charge < -0.3 is 0 Å². The molecule has 1 aromatic carbocycles. The van der Waals surface area contributed by atoms with Gasteiger partial charge >= 0.3 is 11.4 Å². The lowest BCUT2D eigenvalue weighted by atomic mass is 10.2. The van der Waals surface area contributed by atoms with Gasteiger partial charge in [-0.15, -0.1) is 0 Å². The monoisotopic (exact) mass is 200 g/mol. The van der Waals surface area contributed by atoms with Crippen LogP contribution in [0.25, 0.3) is 0 Å². The molecule has 0 aromatic heterocycles. The zero-order valence-electron chi connectivity index (χ0n) is 7.43. The maximum Gasteiger partial charge on any atom is 0.304 e. The van der Waals surface area contributed by atoms with E-state index in [1.54, 1.807) is 6.92 Å². The molecule has 0 heterocycles. The SMILES string of the molecule is CCOS(=O)OCc1ccccc1. The van der Waals surface area contributed by atoms with Crippen LogP contribution in [0.15, 0.2) is 30.3 Å². The number of benzene rings is 1. The van der Waals surface area contributed by atoms with Gasteiger partial charge in [0.15, 0.2) is 0 Å². The van der Waals surface area contributed by atoms with Gasteiger partial charge in [-0.1, -0.05) is 30.3 Å². The molecule has 0 saturated heterocycles. The molecule has 0 spiro atoms. The summed E-state index contributed by atoms with van der Waals surface area (Å²) in [4.78, 5) is 0. The summed E-state index contributed by atoms with van der Waals surface area (Å²) in [6, 6.07) is 9.54. The highest BCUT2D eigenvalue weighted by Gasteiger charge is 1.99. The zero-order valence-corrected chi connectivity index (χ0v) is 8.25. The molecule has 1 rings (SSSR count). The Labute approximate surface area is 80.5 Å². The van der Waals surface area contributed by atoms with Crippen LogP contribution in [-0.2, 0) is 26.3 Å². The van der Waals surface area contributed by atoms with Gasteiger partial charge in [-0.3, -0.25) is 8.37 Å². The van der Waals surface area contributed by atoms with Crippen molar-refractivity contribution in [3.8, 4) is 0 Å². The Hall–Kier alpha value is -0.710. The van der Waals surface area contributed by atoms with E-state index in [9.17, 15) is 4.21 Å². The quantitative estimate of drug-likeness (QED) is 0.727. The Bertz CT molecular complexity index is 261. The normalized spacial score (nSPS) is 12.7. The molecular weight excluding hydrogens is 188 g/mol. The molecule has 0 N–H and O–H groups in total. The first-order valence-electron chi connectivity index (χ1n) is 4.05. The highest BCUT2D eigenvalue weighted by molar-refractivity contribution is 7.75. The third-order valence-electron chi connectivity index (χ3n) is 1.38. The molecule has 0 fully saturated rings. The van der Waals surface area contributed by atoms with Crippen LogP contribution in [0.2, 0.25) is 0 Å². The number of hydrogen-bond acceptors (Lipinski definition) is 3. The average Bonchev–Trinajstić information content (AvgIpc) is 2.17. The van der Waals surface area contributed by atoms with E-state index in [4.69, 9.17) is 8.37 Å². The van der Waals surface area contributed by atoms with Gasteiger partial charge in [-0.2, -0.15) is 4.21 Å². The Morgan fingerprint density at radius 2 is 1.92 bits per heavy atom. The third kappa shape index (κ3) is 4.17. The summed E-state index contributed by atoms with van der Waals surface area (Å²) < 4.78 is 20.5. The van der Waals surface area contributed by atoms with Crippen molar-refractivity contribution in [3.05, 3.63) is 35.9 Å². The molecular formula is C9H12O3S. The van der Waals surface area contributed by atoms with Crippen molar-refractivity contribution < 1.29 is 12.6 Å². The van der Waals surface area contributed by atoms with Crippen molar-refractivity contribution in [2.45, 2.75) is 13.5 Å². The van der Waals surface area contributed by atoms with E-state index >= 15 is 0 Å². The van der Waals surface area contributed by atoms with Crippen molar-refractivity contribution >= 4 is 11.4 Å². The van der Waals surface area contributed by atoms with Crippen LogP contribution in [0.4, 0.5) is 0 Å². The number of rotatable bonds is 5. The smallest absolute Gasteiger partial charge is 0.269 e. The van der Waals surface area contributed by atoms with Crippen molar-refractivity contribution in [1.29, 1.82) is 0 Å². The lowest BCUT2D eigenvalue weighted by Crippen LogP contribution is -2.01. The summed E-state index contributed by atoms with van der Waals surface area (Å²) in [5, 5.41) is 0. The van der Waals surface area contributed by atoms with Crippen LogP contribution in [0.1, 0.15) is 12.5 Å². The fourth-order valence-corrected chi connectivity index (χ4v) is 1.31. The Morgan fingerprint density at radius 3 is 2.54 bits per heavy atom. The fraction of sp³-hybridized carbons (Fsp3) is 0.333. The van der Waals surface area contributed by atoms with E-state index in [0.29, 0.717) is 13.2 Å². The third-order valence-corrected chi connectivity index (χ3v) is 2.12. The molecule has 0 amide bonds. The topological polar surface area (TPSA) is 35.5 Å². The van der Waals surface area contributed by atoms with Gasteiger partial charge in [0.25, 0.3) is 0 Å². The minimum atomic E-state index is -1.62. The average molecular weight is 200 g/mol. The molecule has 3 nitrogen and oxygen atoms in total. The Kier molecular flexibility index (Phi) is 4.67. The van der Waals surface area contributed by atoms with Crippen LogP contribution in [0.5, 0.6) is 0 Å². The summed E-state index contributed by atoms with van der Waals surface area (Å²) >= 11 is -1.62. The molecule has 1 aromatic rings. The Morgan fingerprint density at radius 1 is 1.23 bits per heavy atom. The van der Waals surface area contributed by atoms with E-state index in [0.717, 1.165) is 5.56 Å². The first-order valence-corrected chi connectivity index (χ1v) is 5.05. The van der Waals surface area contributed by atoms with Gasteiger partial charge in [0, 0.05) is 0 Å². The molecule has 0 saturated carbocycles. The van der Waals surface area contributed by atoms with Crippen LogP contribution in [0.3, 0.4) is 0 Å². The zero-order chi connectivity index (χ0) is 9.52. The summed E-state index contributed by atoms with van der Waals surface area (Å²) in [6.07, 6.45) is 0. The molecule has 0 radical (unpaired) electrons. The second-order valence-electron chi connectivity index (χ2n) is 2.36. The predicted octanol–water partition coefficient (Wildman–Crippen LogP) is 1.82. The molecule has 0 bridgehead atoms. The largest absolute Gasteiger partial charge is 0.304 e. The molecule has 1 atom stereocenters. The number of hydrogen-bond donors (Lipinski definition) is 0. The molecule has 72 valence electrons. The maximum atomic E-state index is 10.9. The fourth-order valence-electron chi connectivity index (χ4n) is 0.821. The van der Waals surface area contributed by atoms with Crippen LogP contribution in [-0.4, -0.2) is 10.8 Å². The summed E-state index contributed by atoms with van der Waals surface area (Å²) in [5.41, 5.74) is 0.982. The lowest BCUT2D eigenvalue weighted by Gasteiger charge is -2.01. The molecule has 13 heavy (non-hydrogen) atoms. The minimum Gasteiger partial charge on any atom is -0.269 e. The second-order valence-corrected chi connectivity index (χ2v) is 3.24. The first-order chi connectivity index (χ1) is 6.33. The van der Waals surface area contributed by atoms with E-state index in [1.165, 1.54) is 0 Å². The van der Waals surface area contributed by atoms with Crippen molar-refractivity contribution in [2.75, 3.05) is 6.61 Å². The van der Waals surface area contributed by atoms with E-state index in [2.05, 4.69) is 0 Å². The highest BCUT2D eigenvalue weighted by atomic mass is 32.2. The van der Waals surface area contributed by atoms with Crippen molar-refractivity contribution in [1.82, 2.24) is 0 Å². The summed E-state index contributed by atoms with van der Waals surface area (Å²) in [5.74, 6) is 0. The summed E-state index contributed by atoms with van der Waals surface area (Å²) in [7, 11) is 0. The van der Waals surface area contributed by atoms with Gasteiger partial charge in [0.2, 0.25) is 0 Å². The minimum absolute atomic E-state index is 0.313. The standard InChI is InChI=1S/C9H12O3S/c1-2-11-13(10)12-8-9-6-4-3-5-7-9/h3-7H,2,8H2,1H3. The van der Waals surface area contributed by atoms with Crippen LogP contribution >= 0.6 is 0 Å². The van der Waals surface area contributed by atoms with E-state index in [1.807, 2.05) is 30.3 Å². The first kappa shape index (κ1) is 10.4. The lowest BCUT2D eigenvalue weighted by molar-refractivity contribution is 0.251. The second kappa shape index (κ2) is 5.85. The van der Waals surface area contributed by atoms with Gasteiger partial charge in [-0.05, 0) is 12.5 Å². The molecule has 4 heteroatoms. The Balaban J connectivity index is 2.31. The van der Waals surface area contributed by atoms with Gasteiger partial charge in [-0.25, -0.2) is 0 Å². The molecule has 0 aliphatic carbocycles. The highest BCUT2D eigenvalue weighted by Crippen LogP contribution is 2.02. The van der Waals surface area contributed by atoms with Gasteiger partial charge in [0.1, 0.15) is 0 Å². The summed E-state index contributed by atoms with van der Waals surface area (Å²) in [6.45, 7) is 2.47. The van der Waals surface area contributed by atoms with E-state index < -0.39 is 11.4 Å². The van der Waals surface area contributed by atoms with E-state index in [-0.39, 0.29) is 0 Å². The molecule has 1 unspecified atom stereocenters. The van der Waals surface area contributed by atoms with Crippen LogP contribution < -0.4 is 0 Å². The molecule has 0 aliphatic rings. The van der Waals surface area contributed by atoms with Gasteiger partial charge in [0.05, 0.1) is 13.2 Å².